The summed E-state index contributed by atoms with van der Waals surface area (Å²) in [6, 6.07) is 0. The third-order valence-corrected chi connectivity index (χ3v) is 4.43. The van der Waals surface area contributed by atoms with Gasteiger partial charge in [0.15, 0.2) is 0 Å². The predicted octanol–water partition coefficient (Wildman–Crippen LogP) is 2.85. The normalized spacial score (nSPS) is 22.1. The van der Waals surface area contributed by atoms with E-state index in [1.807, 2.05) is 11.3 Å². The van der Waals surface area contributed by atoms with Crippen LogP contribution >= 0.6 is 11.3 Å². The molecule has 1 aliphatic carbocycles. The lowest BCUT2D eigenvalue weighted by molar-refractivity contribution is 0.393. The van der Waals surface area contributed by atoms with Crippen molar-refractivity contribution in [2.75, 3.05) is 6.54 Å². The summed E-state index contributed by atoms with van der Waals surface area (Å²) in [5, 5.41) is 0. The van der Waals surface area contributed by atoms with Gasteiger partial charge in [-0.2, -0.15) is 0 Å². The molecule has 2 aliphatic rings. The Bertz CT molecular complexity index is 412. The van der Waals surface area contributed by atoms with Gasteiger partial charge in [-0.15, -0.1) is 11.3 Å². The van der Waals surface area contributed by atoms with Crippen LogP contribution in [0.5, 0.6) is 0 Å². The van der Waals surface area contributed by atoms with Crippen LogP contribution < -0.4 is 0 Å². The Balaban J connectivity index is 2.10. The summed E-state index contributed by atoms with van der Waals surface area (Å²) < 4.78 is 0. The maximum Gasteiger partial charge on any atom is 0.0487 e. The van der Waals surface area contributed by atoms with Gasteiger partial charge in [0, 0.05) is 22.5 Å². The van der Waals surface area contributed by atoms with Crippen LogP contribution in [0.25, 0.3) is 0 Å². The molecule has 14 heavy (non-hydrogen) atoms. The van der Waals surface area contributed by atoms with E-state index in [0.29, 0.717) is 5.41 Å². The Morgan fingerprint density at radius 3 is 3.00 bits per heavy atom. The minimum absolute atomic E-state index is 0.505. The Morgan fingerprint density at radius 2 is 2.14 bits per heavy atom. The molecule has 0 bridgehead atoms. The highest BCUT2D eigenvalue weighted by molar-refractivity contribution is 7.14. The van der Waals surface area contributed by atoms with Gasteiger partial charge in [-0.05, 0) is 35.8 Å². The average Bonchev–Trinajstić information content (AvgIpc) is 2.56. The first-order chi connectivity index (χ1) is 6.66. The summed E-state index contributed by atoms with van der Waals surface area (Å²) in [5.41, 5.74) is 3.79. The fourth-order valence-corrected chi connectivity index (χ4v) is 4.12. The third-order valence-electron chi connectivity index (χ3n) is 3.23. The zero-order valence-electron chi connectivity index (χ0n) is 8.76. The van der Waals surface area contributed by atoms with Crippen molar-refractivity contribution in [1.82, 2.24) is 0 Å². The van der Waals surface area contributed by atoms with Gasteiger partial charge in [-0.1, -0.05) is 13.8 Å². The minimum Gasteiger partial charge on any atom is -0.291 e. The lowest BCUT2D eigenvalue weighted by Gasteiger charge is -2.17. The maximum atomic E-state index is 4.35. The molecule has 74 valence electrons. The molecule has 0 spiro atoms. The van der Waals surface area contributed by atoms with Crippen molar-refractivity contribution >= 4 is 17.6 Å². The molecular formula is C12H15NS. The molecule has 0 aromatic carbocycles. The van der Waals surface area contributed by atoms with Crippen molar-refractivity contribution in [3.05, 3.63) is 20.9 Å². The summed E-state index contributed by atoms with van der Waals surface area (Å²) in [6.45, 7) is 5.75. The first kappa shape index (κ1) is 8.66. The molecule has 0 saturated heterocycles. The molecule has 0 fully saturated rings. The van der Waals surface area contributed by atoms with E-state index in [2.05, 4.69) is 25.1 Å². The van der Waals surface area contributed by atoms with Crippen molar-refractivity contribution in [2.24, 2.45) is 10.4 Å². The van der Waals surface area contributed by atoms with E-state index >= 15 is 0 Å². The van der Waals surface area contributed by atoms with E-state index in [1.165, 1.54) is 24.1 Å². The topological polar surface area (TPSA) is 12.4 Å². The van der Waals surface area contributed by atoms with Crippen LogP contribution in [0.4, 0.5) is 0 Å². The molecule has 1 nitrogen and oxygen atoms in total. The Morgan fingerprint density at radius 1 is 1.29 bits per heavy atom. The second-order valence-electron chi connectivity index (χ2n) is 5.15. The number of fused-ring (bicyclic) bond motifs is 3. The fourth-order valence-electron chi connectivity index (χ4n) is 2.60. The summed E-state index contributed by atoms with van der Waals surface area (Å²) in [4.78, 5) is 7.43. The molecule has 0 atom stereocenters. The van der Waals surface area contributed by atoms with Crippen molar-refractivity contribution in [3.8, 4) is 0 Å². The zero-order valence-corrected chi connectivity index (χ0v) is 9.58. The van der Waals surface area contributed by atoms with Gasteiger partial charge in [0.1, 0.15) is 0 Å². The van der Waals surface area contributed by atoms with E-state index in [9.17, 15) is 0 Å². The zero-order chi connectivity index (χ0) is 9.76. The van der Waals surface area contributed by atoms with Gasteiger partial charge in [0.05, 0.1) is 0 Å². The summed E-state index contributed by atoms with van der Waals surface area (Å²) in [7, 11) is 0. The van der Waals surface area contributed by atoms with Gasteiger partial charge in [0.25, 0.3) is 0 Å². The predicted molar refractivity (Wildman–Crippen MR) is 61.7 cm³/mol. The SMILES string of the molecule is CC1(C)Cc2sc3c(c2C1)CCN=C3. The van der Waals surface area contributed by atoms with Gasteiger partial charge in [-0.25, -0.2) is 0 Å². The highest BCUT2D eigenvalue weighted by atomic mass is 32.1. The second kappa shape index (κ2) is 2.69. The molecule has 1 aromatic rings. The molecule has 3 rings (SSSR count). The number of thiophene rings is 1. The Kier molecular flexibility index (Phi) is 1.67. The summed E-state index contributed by atoms with van der Waals surface area (Å²) in [5.74, 6) is 0. The molecule has 2 heterocycles. The lowest BCUT2D eigenvalue weighted by atomic mass is 9.89. The number of nitrogens with zero attached hydrogens (tertiary/aromatic N) is 1. The first-order valence-electron chi connectivity index (χ1n) is 5.29. The van der Waals surface area contributed by atoms with E-state index in [4.69, 9.17) is 0 Å². The van der Waals surface area contributed by atoms with Crippen molar-refractivity contribution in [3.63, 3.8) is 0 Å². The Labute approximate surface area is 88.9 Å². The quantitative estimate of drug-likeness (QED) is 0.617. The number of aliphatic imine (C=N–C) groups is 1. The molecule has 1 aromatic heterocycles. The minimum atomic E-state index is 0.505. The third kappa shape index (κ3) is 1.17. The van der Waals surface area contributed by atoms with E-state index in [-0.39, 0.29) is 0 Å². The average molecular weight is 205 g/mol. The van der Waals surface area contributed by atoms with Crippen LogP contribution in [-0.4, -0.2) is 12.8 Å². The molecule has 0 saturated carbocycles. The first-order valence-corrected chi connectivity index (χ1v) is 6.11. The van der Waals surface area contributed by atoms with Crippen LogP contribution in [0.1, 0.15) is 34.7 Å². The molecule has 0 amide bonds. The van der Waals surface area contributed by atoms with Crippen LogP contribution in [0, 0.1) is 5.41 Å². The van der Waals surface area contributed by atoms with E-state index < -0.39 is 0 Å². The van der Waals surface area contributed by atoms with Gasteiger partial charge in [0.2, 0.25) is 0 Å². The summed E-state index contributed by atoms with van der Waals surface area (Å²) >= 11 is 1.98. The fraction of sp³-hybridized carbons (Fsp3) is 0.583. The number of hydrogen-bond donors (Lipinski definition) is 0. The van der Waals surface area contributed by atoms with Crippen LogP contribution in [0.3, 0.4) is 0 Å². The molecule has 2 heteroatoms. The molecule has 0 radical (unpaired) electrons. The highest BCUT2D eigenvalue weighted by Gasteiger charge is 2.33. The van der Waals surface area contributed by atoms with Crippen LogP contribution in [0.15, 0.2) is 4.99 Å². The van der Waals surface area contributed by atoms with E-state index in [0.717, 1.165) is 6.54 Å². The maximum absolute atomic E-state index is 4.35. The molecule has 0 unspecified atom stereocenters. The molecule has 1 aliphatic heterocycles. The van der Waals surface area contributed by atoms with Gasteiger partial charge >= 0.3 is 0 Å². The lowest BCUT2D eigenvalue weighted by Crippen LogP contribution is -2.11. The second-order valence-corrected chi connectivity index (χ2v) is 6.29. The number of hydrogen-bond acceptors (Lipinski definition) is 2. The van der Waals surface area contributed by atoms with E-state index in [1.54, 1.807) is 16.0 Å². The van der Waals surface area contributed by atoms with Gasteiger partial charge < -0.3 is 0 Å². The standard InChI is InChI=1S/C12H15NS/c1-12(2)5-9-8-3-4-13-7-11(8)14-10(9)6-12/h7H,3-6H2,1-2H3. The largest absolute Gasteiger partial charge is 0.291 e. The van der Waals surface area contributed by atoms with Gasteiger partial charge in [-0.3, -0.25) is 4.99 Å². The van der Waals surface area contributed by atoms with Crippen molar-refractivity contribution in [1.29, 1.82) is 0 Å². The monoisotopic (exact) mass is 205 g/mol. The smallest absolute Gasteiger partial charge is 0.0487 e. The van der Waals surface area contributed by atoms with Crippen LogP contribution in [0.2, 0.25) is 0 Å². The highest BCUT2D eigenvalue weighted by Crippen LogP contribution is 2.43. The van der Waals surface area contributed by atoms with Crippen molar-refractivity contribution in [2.45, 2.75) is 33.1 Å². The van der Waals surface area contributed by atoms with Crippen molar-refractivity contribution < 1.29 is 0 Å². The molecular weight excluding hydrogens is 190 g/mol. The Hall–Kier alpha value is -0.630. The number of rotatable bonds is 0. The van der Waals surface area contributed by atoms with Crippen LogP contribution in [-0.2, 0) is 19.3 Å². The molecule has 0 N–H and O–H groups in total. The summed E-state index contributed by atoms with van der Waals surface area (Å²) in [6.07, 6.45) is 5.80.